The zero-order chi connectivity index (χ0) is 22.1. The predicted molar refractivity (Wildman–Crippen MR) is 120 cm³/mol. The minimum Gasteiger partial charge on any atom is -0.495 e. The van der Waals surface area contributed by atoms with Gasteiger partial charge in [0.05, 0.1) is 43.7 Å². The van der Waals surface area contributed by atoms with Crippen LogP contribution in [0.3, 0.4) is 0 Å². The van der Waals surface area contributed by atoms with E-state index in [-0.39, 0.29) is 37.4 Å². The van der Waals surface area contributed by atoms with Crippen molar-refractivity contribution < 1.29 is 17.9 Å². The lowest BCUT2D eigenvalue weighted by Gasteiger charge is -2.31. The summed E-state index contributed by atoms with van der Waals surface area (Å²) in [5.41, 5.74) is 0.318. The van der Waals surface area contributed by atoms with Crippen molar-refractivity contribution in [3.8, 4) is 5.75 Å². The number of anilines is 1. The number of benzene rings is 2. The standard InChI is InChI=1S/C19H18Cl4N2O4S/c1-29-18-5-4-12(7-16(18)23)30(27,28)25-6-2-3-11(10-25)19(26)24-17-9-14(21)13(20)8-15(17)22/h4-5,7-9,11H,2-3,6,10H2,1H3,(H,24,26)/t11-/m0/s1. The van der Waals surface area contributed by atoms with Crippen LogP contribution in [0.25, 0.3) is 0 Å². The molecule has 1 heterocycles. The van der Waals surface area contributed by atoms with Gasteiger partial charge in [-0.25, -0.2) is 8.42 Å². The molecule has 1 amide bonds. The number of hydrogen-bond acceptors (Lipinski definition) is 4. The van der Waals surface area contributed by atoms with Crippen LogP contribution in [0.2, 0.25) is 20.1 Å². The summed E-state index contributed by atoms with van der Waals surface area (Å²) in [6, 6.07) is 7.16. The van der Waals surface area contributed by atoms with Crippen molar-refractivity contribution >= 4 is 68.0 Å². The Labute approximate surface area is 195 Å². The first kappa shape index (κ1) is 23.4. The number of carbonyl (C=O) groups is 1. The van der Waals surface area contributed by atoms with Crippen molar-refractivity contribution in [1.29, 1.82) is 0 Å². The largest absolute Gasteiger partial charge is 0.495 e. The molecule has 2 aromatic carbocycles. The fraction of sp³-hybridized carbons (Fsp3) is 0.316. The average Bonchev–Trinajstić information content (AvgIpc) is 2.72. The molecule has 0 radical (unpaired) electrons. The molecule has 1 aliphatic rings. The molecule has 11 heteroatoms. The van der Waals surface area contributed by atoms with E-state index in [1.165, 1.54) is 41.7 Å². The van der Waals surface area contributed by atoms with E-state index >= 15 is 0 Å². The molecule has 0 saturated carbocycles. The van der Waals surface area contributed by atoms with Crippen molar-refractivity contribution in [2.24, 2.45) is 5.92 Å². The van der Waals surface area contributed by atoms with Gasteiger partial charge >= 0.3 is 0 Å². The molecule has 162 valence electrons. The Morgan fingerprint density at radius 2 is 1.77 bits per heavy atom. The lowest BCUT2D eigenvalue weighted by atomic mass is 9.98. The van der Waals surface area contributed by atoms with Crippen LogP contribution >= 0.6 is 46.4 Å². The molecule has 0 aliphatic carbocycles. The predicted octanol–water partition coefficient (Wildman–Crippen LogP) is 5.35. The highest BCUT2D eigenvalue weighted by molar-refractivity contribution is 7.89. The first-order chi connectivity index (χ1) is 14.1. The quantitative estimate of drug-likeness (QED) is 0.549. The van der Waals surface area contributed by atoms with Crippen LogP contribution in [0, 0.1) is 5.92 Å². The molecule has 2 aromatic rings. The van der Waals surface area contributed by atoms with E-state index in [4.69, 9.17) is 51.1 Å². The number of methoxy groups -OCH3 is 1. The molecule has 1 saturated heterocycles. The maximum atomic E-state index is 13.0. The molecule has 0 spiro atoms. The van der Waals surface area contributed by atoms with Crippen LogP contribution in [0.5, 0.6) is 5.75 Å². The van der Waals surface area contributed by atoms with Gasteiger partial charge in [-0.2, -0.15) is 4.31 Å². The van der Waals surface area contributed by atoms with Crippen LogP contribution < -0.4 is 10.1 Å². The molecule has 1 atom stereocenters. The Kier molecular flexibility index (Phi) is 7.43. The summed E-state index contributed by atoms with van der Waals surface area (Å²) in [7, 11) is -2.37. The average molecular weight is 512 g/mol. The van der Waals surface area contributed by atoms with Crippen LogP contribution in [-0.2, 0) is 14.8 Å². The summed E-state index contributed by atoms with van der Waals surface area (Å²) in [6.45, 7) is 0.347. The number of nitrogens with one attached hydrogen (secondary N) is 1. The molecular formula is C19H18Cl4N2O4S. The van der Waals surface area contributed by atoms with Crippen LogP contribution in [-0.4, -0.2) is 38.8 Å². The first-order valence-corrected chi connectivity index (χ1v) is 11.9. The van der Waals surface area contributed by atoms with Gasteiger partial charge in [0, 0.05) is 13.1 Å². The van der Waals surface area contributed by atoms with E-state index in [0.29, 0.717) is 30.8 Å². The molecule has 1 aliphatic heterocycles. The zero-order valence-corrected chi connectivity index (χ0v) is 19.6. The van der Waals surface area contributed by atoms with Crippen LogP contribution in [0.1, 0.15) is 12.8 Å². The van der Waals surface area contributed by atoms with E-state index in [0.717, 1.165) is 0 Å². The monoisotopic (exact) mass is 510 g/mol. The molecule has 6 nitrogen and oxygen atoms in total. The van der Waals surface area contributed by atoms with Crippen LogP contribution in [0.4, 0.5) is 5.69 Å². The number of ether oxygens (including phenoxy) is 1. The normalized spacial score (nSPS) is 17.6. The summed E-state index contributed by atoms with van der Waals surface area (Å²) in [5.74, 6) is -0.513. The molecule has 1 N–H and O–H groups in total. The number of hydrogen-bond donors (Lipinski definition) is 1. The minimum absolute atomic E-state index is 0.0384. The number of piperidine rings is 1. The Hall–Kier alpha value is -1.22. The first-order valence-electron chi connectivity index (χ1n) is 8.92. The number of rotatable bonds is 5. The Morgan fingerprint density at radius 1 is 1.07 bits per heavy atom. The summed E-state index contributed by atoms with van der Waals surface area (Å²) >= 11 is 24.1. The SMILES string of the molecule is COc1ccc(S(=O)(=O)N2CCC[C@H](C(=O)Nc3cc(Cl)c(Cl)cc3Cl)C2)cc1Cl. The second kappa shape index (κ2) is 9.51. The second-order valence-electron chi connectivity index (χ2n) is 6.73. The van der Waals surface area contributed by atoms with E-state index in [1.807, 2.05) is 0 Å². The third kappa shape index (κ3) is 4.98. The van der Waals surface area contributed by atoms with Crippen molar-refractivity contribution in [1.82, 2.24) is 4.31 Å². The lowest BCUT2D eigenvalue weighted by Crippen LogP contribution is -2.43. The van der Waals surface area contributed by atoms with E-state index < -0.39 is 15.9 Å². The Bertz CT molecular complexity index is 1080. The second-order valence-corrected chi connectivity index (χ2v) is 10.3. The molecule has 1 fully saturated rings. The summed E-state index contributed by atoms with van der Waals surface area (Å²) in [4.78, 5) is 12.8. The third-order valence-electron chi connectivity index (χ3n) is 4.78. The van der Waals surface area contributed by atoms with Gasteiger partial charge in [0.2, 0.25) is 15.9 Å². The Balaban J connectivity index is 1.77. The third-order valence-corrected chi connectivity index (χ3v) is 7.98. The summed E-state index contributed by atoms with van der Waals surface area (Å²) in [6.07, 6.45) is 1.08. The number of nitrogens with zero attached hydrogens (tertiary/aromatic N) is 1. The van der Waals surface area contributed by atoms with Gasteiger partial charge in [0.15, 0.2) is 0 Å². The van der Waals surface area contributed by atoms with Gasteiger partial charge in [-0.1, -0.05) is 46.4 Å². The highest BCUT2D eigenvalue weighted by atomic mass is 35.5. The minimum atomic E-state index is -3.82. The fourth-order valence-corrected chi connectivity index (χ4v) is 5.65. The van der Waals surface area contributed by atoms with E-state index in [1.54, 1.807) is 0 Å². The van der Waals surface area contributed by atoms with Crippen LogP contribution in [0.15, 0.2) is 35.2 Å². The van der Waals surface area contributed by atoms with Gasteiger partial charge in [0.1, 0.15) is 5.75 Å². The van der Waals surface area contributed by atoms with E-state index in [2.05, 4.69) is 5.32 Å². The molecule has 3 rings (SSSR count). The fourth-order valence-electron chi connectivity index (χ4n) is 3.18. The number of halogens is 4. The van der Waals surface area contributed by atoms with Crippen molar-refractivity contribution in [3.63, 3.8) is 0 Å². The smallest absolute Gasteiger partial charge is 0.243 e. The van der Waals surface area contributed by atoms with Gasteiger partial charge in [-0.05, 0) is 43.2 Å². The molecule has 0 bridgehead atoms. The number of amides is 1. The molecule has 30 heavy (non-hydrogen) atoms. The molecular weight excluding hydrogens is 494 g/mol. The zero-order valence-electron chi connectivity index (χ0n) is 15.8. The maximum absolute atomic E-state index is 13.0. The van der Waals surface area contributed by atoms with Crippen molar-refractivity contribution in [2.45, 2.75) is 17.7 Å². The van der Waals surface area contributed by atoms with Gasteiger partial charge in [-0.3, -0.25) is 4.79 Å². The number of carbonyl (C=O) groups excluding carboxylic acids is 1. The topological polar surface area (TPSA) is 75.7 Å². The number of sulfonamides is 1. The highest BCUT2D eigenvalue weighted by Gasteiger charge is 2.34. The highest BCUT2D eigenvalue weighted by Crippen LogP contribution is 2.34. The van der Waals surface area contributed by atoms with Gasteiger partial charge < -0.3 is 10.1 Å². The van der Waals surface area contributed by atoms with Gasteiger partial charge in [0.25, 0.3) is 0 Å². The van der Waals surface area contributed by atoms with Gasteiger partial charge in [-0.15, -0.1) is 0 Å². The summed E-state index contributed by atoms with van der Waals surface area (Å²) in [5, 5.41) is 3.67. The Morgan fingerprint density at radius 3 is 2.43 bits per heavy atom. The summed E-state index contributed by atoms with van der Waals surface area (Å²) < 4.78 is 32.4. The molecule has 0 unspecified atom stereocenters. The van der Waals surface area contributed by atoms with Crippen molar-refractivity contribution in [3.05, 3.63) is 50.4 Å². The molecule has 0 aromatic heterocycles. The maximum Gasteiger partial charge on any atom is 0.243 e. The van der Waals surface area contributed by atoms with Crippen molar-refractivity contribution in [2.75, 3.05) is 25.5 Å². The van der Waals surface area contributed by atoms with E-state index in [9.17, 15) is 13.2 Å². The lowest BCUT2D eigenvalue weighted by molar-refractivity contribution is -0.120.